The van der Waals surface area contributed by atoms with Crippen molar-refractivity contribution in [2.24, 2.45) is 0 Å². The van der Waals surface area contributed by atoms with Crippen LogP contribution in [-0.4, -0.2) is 6.47 Å². The number of ether oxygens (including phenoxy) is 3. The first-order chi connectivity index (χ1) is 17.6. The number of carbonyl (C=O) groups is 1. The minimum Gasteiger partial charge on any atom is -0.489 e. The molecule has 0 amide bonds. The number of fused-ring (bicyclic) bond motifs is 1. The number of benzene rings is 4. The lowest BCUT2D eigenvalue weighted by atomic mass is 10.0. The fourth-order valence-corrected chi connectivity index (χ4v) is 4.73. The molecule has 0 spiro atoms. The van der Waals surface area contributed by atoms with Crippen molar-refractivity contribution >= 4 is 6.47 Å². The second kappa shape index (κ2) is 10.6. The molecule has 36 heavy (non-hydrogen) atoms. The summed E-state index contributed by atoms with van der Waals surface area (Å²) in [6, 6.07) is 24.2. The van der Waals surface area contributed by atoms with Crippen LogP contribution in [0.4, 0.5) is 4.39 Å². The maximum Gasteiger partial charge on any atom is 0.298 e. The van der Waals surface area contributed by atoms with Crippen molar-refractivity contribution in [3.8, 4) is 23.0 Å². The quantitative estimate of drug-likeness (QED) is 0.238. The minimum atomic E-state index is -0.261. The molecule has 0 fully saturated rings. The smallest absolute Gasteiger partial charge is 0.298 e. The van der Waals surface area contributed by atoms with Crippen LogP contribution in [0, 0.1) is 12.7 Å². The summed E-state index contributed by atoms with van der Waals surface area (Å²) in [5.74, 6) is 2.62. The number of aryl methyl sites for hydroxylation is 1. The highest BCUT2D eigenvalue weighted by molar-refractivity contribution is 5.60. The van der Waals surface area contributed by atoms with Gasteiger partial charge in [0.05, 0.1) is 0 Å². The zero-order valence-electron chi connectivity index (χ0n) is 20.1. The molecule has 0 unspecified atom stereocenters. The van der Waals surface area contributed by atoms with Crippen molar-refractivity contribution in [3.05, 3.63) is 118 Å². The number of hydrogen-bond donors (Lipinski definition) is 0. The highest BCUT2D eigenvalue weighted by Crippen LogP contribution is 2.42. The topological polar surface area (TPSA) is 44.8 Å². The Labute approximate surface area is 210 Å². The van der Waals surface area contributed by atoms with Crippen molar-refractivity contribution in [2.45, 2.75) is 39.2 Å². The SMILES string of the molecule is Cc1cc(OC=O)c2c(c1Oc1ccc(OCc3ccccc3)c(Cc3ccc(F)cc3)c1)CCC2. The van der Waals surface area contributed by atoms with E-state index in [9.17, 15) is 9.18 Å². The molecule has 0 aliphatic heterocycles. The summed E-state index contributed by atoms with van der Waals surface area (Å²) >= 11 is 0. The molecule has 0 saturated carbocycles. The summed E-state index contributed by atoms with van der Waals surface area (Å²) in [6.07, 6.45) is 3.30. The third kappa shape index (κ3) is 5.25. The molecule has 0 bridgehead atoms. The van der Waals surface area contributed by atoms with E-state index in [0.29, 0.717) is 31.0 Å². The standard InChI is InChI=1S/C31H27FO4/c1-21-16-30(35-20-33)27-8-5-9-28(27)31(21)36-26-14-15-29(34-19-23-6-3-2-4-7-23)24(18-26)17-22-10-12-25(32)13-11-22/h2-4,6-7,10-16,18,20H,5,8-9,17,19H2,1H3. The van der Waals surface area contributed by atoms with Gasteiger partial charge in [0, 0.05) is 23.1 Å². The summed E-state index contributed by atoms with van der Waals surface area (Å²) in [5.41, 5.74) is 6.05. The Morgan fingerprint density at radius 2 is 1.64 bits per heavy atom. The van der Waals surface area contributed by atoms with Gasteiger partial charge in [0.25, 0.3) is 6.47 Å². The average Bonchev–Trinajstić information content (AvgIpc) is 3.38. The zero-order chi connectivity index (χ0) is 24.9. The fraction of sp³-hybridized carbons (Fsp3) is 0.194. The summed E-state index contributed by atoms with van der Waals surface area (Å²) < 4.78 is 31.3. The summed E-state index contributed by atoms with van der Waals surface area (Å²) in [5, 5.41) is 0. The van der Waals surface area contributed by atoms with Crippen LogP contribution in [0.25, 0.3) is 0 Å². The molecule has 4 nitrogen and oxygen atoms in total. The van der Waals surface area contributed by atoms with Gasteiger partial charge in [-0.25, -0.2) is 4.39 Å². The lowest BCUT2D eigenvalue weighted by Crippen LogP contribution is -2.02. The average molecular weight is 483 g/mol. The molecule has 4 aromatic rings. The Balaban J connectivity index is 1.46. The van der Waals surface area contributed by atoms with Gasteiger partial charge >= 0.3 is 0 Å². The summed E-state index contributed by atoms with van der Waals surface area (Å²) in [7, 11) is 0. The summed E-state index contributed by atoms with van der Waals surface area (Å²) in [6.45, 7) is 2.88. The number of rotatable bonds is 9. The predicted octanol–water partition coefficient (Wildman–Crippen LogP) is 7.12. The van der Waals surface area contributed by atoms with Gasteiger partial charge in [-0.05, 0) is 79.3 Å². The first-order valence-electron chi connectivity index (χ1n) is 12.1. The van der Waals surface area contributed by atoms with Crippen molar-refractivity contribution in [1.82, 2.24) is 0 Å². The Morgan fingerprint density at radius 1 is 0.861 bits per heavy atom. The van der Waals surface area contributed by atoms with E-state index in [4.69, 9.17) is 14.2 Å². The Bertz CT molecular complexity index is 1360. The molecule has 1 aliphatic carbocycles. The molecule has 0 saturated heterocycles. The molecule has 5 rings (SSSR count). The van der Waals surface area contributed by atoms with E-state index >= 15 is 0 Å². The van der Waals surface area contributed by atoms with E-state index in [1.54, 1.807) is 12.1 Å². The second-order valence-electron chi connectivity index (χ2n) is 8.99. The van der Waals surface area contributed by atoms with Crippen LogP contribution < -0.4 is 14.2 Å². The first kappa shape index (κ1) is 23.6. The van der Waals surface area contributed by atoms with E-state index in [2.05, 4.69) is 0 Å². The van der Waals surface area contributed by atoms with Crippen LogP contribution >= 0.6 is 0 Å². The third-order valence-electron chi connectivity index (χ3n) is 6.47. The normalized spacial score (nSPS) is 12.2. The van der Waals surface area contributed by atoms with Gasteiger partial charge in [0.2, 0.25) is 0 Å². The van der Waals surface area contributed by atoms with Crippen molar-refractivity contribution in [2.75, 3.05) is 0 Å². The van der Waals surface area contributed by atoms with Crippen LogP contribution in [0.5, 0.6) is 23.0 Å². The van der Waals surface area contributed by atoms with Crippen molar-refractivity contribution < 1.29 is 23.4 Å². The van der Waals surface area contributed by atoms with E-state index in [1.807, 2.05) is 61.5 Å². The minimum absolute atomic E-state index is 0.261. The number of hydrogen-bond acceptors (Lipinski definition) is 4. The molecule has 0 aromatic heterocycles. The zero-order valence-corrected chi connectivity index (χ0v) is 20.1. The molecule has 0 heterocycles. The maximum absolute atomic E-state index is 13.5. The van der Waals surface area contributed by atoms with E-state index in [-0.39, 0.29) is 5.82 Å². The van der Waals surface area contributed by atoms with Crippen LogP contribution in [0.15, 0.2) is 78.9 Å². The predicted molar refractivity (Wildman–Crippen MR) is 136 cm³/mol. The molecule has 0 radical (unpaired) electrons. The molecule has 4 aromatic carbocycles. The van der Waals surface area contributed by atoms with Gasteiger partial charge in [-0.2, -0.15) is 0 Å². The van der Waals surface area contributed by atoms with Gasteiger partial charge in [-0.15, -0.1) is 0 Å². The Kier molecular flexibility index (Phi) is 6.99. The van der Waals surface area contributed by atoms with Crippen LogP contribution in [-0.2, 0) is 30.7 Å². The first-order valence-corrected chi connectivity index (χ1v) is 12.1. The highest BCUT2D eigenvalue weighted by Gasteiger charge is 2.23. The number of carbonyl (C=O) groups excluding carboxylic acids is 1. The molecule has 182 valence electrons. The molecular weight excluding hydrogens is 455 g/mol. The largest absolute Gasteiger partial charge is 0.489 e. The highest BCUT2D eigenvalue weighted by atomic mass is 19.1. The van der Waals surface area contributed by atoms with Gasteiger partial charge < -0.3 is 14.2 Å². The van der Waals surface area contributed by atoms with Crippen molar-refractivity contribution in [1.29, 1.82) is 0 Å². The summed E-state index contributed by atoms with van der Waals surface area (Å²) in [4.78, 5) is 11.0. The molecule has 5 heteroatoms. The van der Waals surface area contributed by atoms with E-state index in [1.165, 1.54) is 12.1 Å². The Hall–Kier alpha value is -4.12. The van der Waals surface area contributed by atoms with Gasteiger partial charge in [-0.1, -0.05) is 42.5 Å². The van der Waals surface area contributed by atoms with Gasteiger partial charge in [0.1, 0.15) is 35.4 Å². The van der Waals surface area contributed by atoms with Gasteiger partial charge in [-0.3, -0.25) is 4.79 Å². The van der Waals surface area contributed by atoms with E-state index < -0.39 is 0 Å². The van der Waals surface area contributed by atoms with Crippen LogP contribution in [0.1, 0.15) is 39.8 Å². The van der Waals surface area contributed by atoms with Crippen LogP contribution in [0.3, 0.4) is 0 Å². The fourth-order valence-electron chi connectivity index (χ4n) is 4.73. The monoisotopic (exact) mass is 482 g/mol. The van der Waals surface area contributed by atoms with Gasteiger partial charge in [0.15, 0.2) is 0 Å². The van der Waals surface area contributed by atoms with Crippen molar-refractivity contribution in [3.63, 3.8) is 0 Å². The lowest BCUT2D eigenvalue weighted by Gasteiger charge is -2.18. The molecule has 0 atom stereocenters. The number of halogens is 1. The molecule has 0 N–H and O–H groups in total. The lowest BCUT2D eigenvalue weighted by molar-refractivity contribution is -0.120. The molecule has 1 aliphatic rings. The third-order valence-corrected chi connectivity index (χ3v) is 6.47. The Morgan fingerprint density at radius 3 is 2.42 bits per heavy atom. The molecular formula is C31H27FO4. The maximum atomic E-state index is 13.5. The van der Waals surface area contributed by atoms with Crippen LogP contribution in [0.2, 0.25) is 0 Å². The van der Waals surface area contributed by atoms with E-state index in [0.717, 1.165) is 64.1 Å². The second-order valence-corrected chi connectivity index (χ2v) is 8.99.